The molecule has 0 saturated carbocycles. The zero-order valence-corrected chi connectivity index (χ0v) is 23.0. The number of benzene rings is 5. The minimum Gasteiger partial charge on any atom is -0.309 e. The van der Waals surface area contributed by atoms with Crippen LogP contribution >= 0.6 is 0 Å². The van der Waals surface area contributed by atoms with E-state index in [4.69, 9.17) is 4.98 Å². The Morgan fingerprint density at radius 1 is 0.442 bits per heavy atom. The maximum Gasteiger partial charge on any atom is 0.146 e. The summed E-state index contributed by atoms with van der Waals surface area (Å²) in [5, 5.41) is 8.31. The molecule has 10 aromatic rings. The first-order chi connectivity index (χ1) is 21.4. The van der Waals surface area contributed by atoms with Gasteiger partial charge in [-0.1, -0.05) is 72.8 Å². The summed E-state index contributed by atoms with van der Waals surface area (Å²) in [6.07, 6.45) is 7.77. The molecule has 0 amide bonds. The van der Waals surface area contributed by atoms with Gasteiger partial charge < -0.3 is 9.13 Å². The van der Waals surface area contributed by atoms with Crippen molar-refractivity contribution in [3.8, 4) is 11.4 Å². The lowest BCUT2D eigenvalue weighted by atomic mass is 10.0. The molecule has 0 bridgehead atoms. The van der Waals surface area contributed by atoms with Crippen molar-refractivity contribution in [2.45, 2.75) is 0 Å². The SMILES string of the molecule is c1ccc(-n2c3ccccc3c3c2ccc2c4ccc5c6ccncc6c6nccn6c5c4n(-c4ccccc4)c23)cc1. The van der Waals surface area contributed by atoms with E-state index in [1.165, 1.54) is 49.0 Å². The topological polar surface area (TPSA) is 40.1 Å². The third-order valence-electron chi connectivity index (χ3n) is 8.96. The Bertz CT molecular complexity index is 2710. The summed E-state index contributed by atoms with van der Waals surface area (Å²) in [5.41, 5.74) is 9.10. The zero-order valence-electron chi connectivity index (χ0n) is 23.0. The van der Waals surface area contributed by atoms with Gasteiger partial charge in [-0.3, -0.25) is 9.38 Å². The molecule has 5 nitrogen and oxygen atoms in total. The van der Waals surface area contributed by atoms with Crippen molar-refractivity contribution in [1.29, 1.82) is 0 Å². The molecule has 0 aliphatic carbocycles. The molecule has 0 aliphatic heterocycles. The van der Waals surface area contributed by atoms with Crippen molar-refractivity contribution in [2.24, 2.45) is 0 Å². The molecule has 0 spiro atoms. The fourth-order valence-corrected chi connectivity index (χ4v) is 7.27. The highest BCUT2D eigenvalue weighted by Gasteiger charge is 2.23. The fourth-order valence-electron chi connectivity index (χ4n) is 7.27. The third-order valence-corrected chi connectivity index (χ3v) is 8.96. The summed E-state index contributed by atoms with van der Waals surface area (Å²) in [6, 6.07) is 41.5. The minimum atomic E-state index is 0.916. The van der Waals surface area contributed by atoms with Crippen LogP contribution in [-0.2, 0) is 0 Å². The average molecular weight is 550 g/mol. The Kier molecular flexibility index (Phi) is 4.39. The molecule has 5 heterocycles. The molecule has 0 saturated heterocycles. The van der Waals surface area contributed by atoms with E-state index in [-0.39, 0.29) is 0 Å². The van der Waals surface area contributed by atoms with Crippen molar-refractivity contribution in [3.05, 3.63) is 140 Å². The molecule has 10 rings (SSSR count). The molecule has 0 atom stereocenters. The third kappa shape index (κ3) is 2.90. The van der Waals surface area contributed by atoms with E-state index in [1.54, 1.807) is 0 Å². The molecular formula is C38H23N5. The zero-order chi connectivity index (χ0) is 28.1. The first kappa shape index (κ1) is 22.7. The highest BCUT2D eigenvalue weighted by Crippen LogP contribution is 2.44. The first-order valence-electron chi connectivity index (χ1n) is 14.5. The second-order valence-electron chi connectivity index (χ2n) is 11.1. The quantitative estimate of drug-likeness (QED) is 0.202. The van der Waals surface area contributed by atoms with Gasteiger partial charge in [-0.05, 0) is 47.9 Å². The number of para-hydroxylation sites is 3. The Hall–Kier alpha value is -5.94. The summed E-state index contributed by atoms with van der Waals surface area (Å²) < 4.78 is 7.11. The Balaban J connectivity index is 1.52. The molecule has 43 heavy (non-hydrogen) atoms. The van der Waals surface area contributed by atoms with Crippen molar-refractivity contribution in [3.63, 3.8) is 0 Å². The first-order valence-corrected chi connectivity index (χ1v) is 14.5. The van der Waals surface area contributed by atoms with Gasteiger partial charge in [0.2, 0.25) is 0 Å². The lowest BCUT2D eigenvalue weighted by Crippen LogP contribution is -1.98. The van der Waals surface area contributed by atoms with Crippen molar-refractivity contribution < 1.29 is 0 Å². The summed E-state index contributed by atoms with van der Waals surface area (Å²) in [4.78, 5) is 9.24. The number of hydrogen-bond acceptors (Lipinski definition) is 2. The summed E-state index contributed by atoms with van der Waals surface area (Å²) in [5.74, 6) is 0. The monoisotopic (exact) mass is 549 g/mol. The molecule has 0 radical (unpaired) electrons. The van der Waals surface area contributed by atoms with Crippen LogP contribution in [0, 0.1) is 0 Å². The lowest BCUT2D eigenvalue weighted by molar-refractivity contribution is 1.17. The second-order valence-corrected chi connectivity index (χ2v) is 11.1. The molecule has 0 aliphatic rings. The van der Waals surface area contributed by atoms with Gasteiger partial charge in [0.25, 0.3) is 0 Å². The van der Waals surface area contributed by atoms with Crippen molar-refractivity contribution in [2.75, 3.05) is 0 Å². The maximum absolute atomic E-state index is 4.80. The van der Waals surface area contributed by atoms with Crippen LogP contribution in [0.15, 0.2) is 140 Å². The molecule has 200 valence electrons. The Morgan fingerprint density at radius 2 is 1.12 bits per heavy atom. The number of pyridine rings is 2. The standard InChI is InChI=1S/C38H23N5/c1-3-9-24(10-4-1)42-32-14-8-7-13-30(32)34-33(42)18-17-28-29-16-15-27-26-19-20-39-23-31(26)38-40-21-22-41(38)36(27)37(29)43(35(28)34)25-11-5-2-6-12-25/h1-23H. The smallest absolute Gasteiger partial charge is 0.146 e. The van der Waals surface area contributed by atoms with Gasteiger partial charge in [0, 0.05) is 68.5 Å². The summed E-state index contributed by atoms with van der Waals surface area (Å²) in [6.45, 7) is 0. The normalized spacial score (nSPS) is 12.2. The number of rotatable bonds is 2. The molecule has 5 heteroatoms. The Labute approximate surface area is 245 Å². The summed E-state index contributed by atoms with van der Waals surface area (Å²) in [7, 11) is 0. The van der Waals surface area contributed by atoms with Crippen LogP contribution in [0.5, 0.6) is 0 Å². The van der Waals surface area contributed by atoms with E-state index in [1.807, 2.05) is 18.6 Å². The molecule has 5 aromatic carbocycles. The largest absolute Gasteiger partial charge is 0.309 e. The number of nitrogens with zero attached hydrogens (tertiary/aromatic N) is 5. The predicted molar refractivity (Wildman–Crippen MR) is 177 cm³/mol. The van der Waals surface area contributed by atoms with Gasteiger partial charge in [0.1, 0.15) is 5.65 Å². The van der Waals surface area contributed by atoms with E-state index in [0.717, 1.165) is 33.3 Å². The number of imidazole rings is 1. The van der Waals surface area contributed by atoms with Crippen LogP contribution in [0.2, 0.25) is 0 Å². The average Bonchev–Trinajstić information content (AvgIpc) is 3.78. The predicted octanol–water partition coefficient (Wildman–Crippen LogP) is 9.23. The van der Waals surface area contributed by atoms with Crippen LogP contribution < -0.4 is 0 Å². The van der Waals surface area contributed by atoms with E-state index in [0.29, 0.717) is 0 Å². The van der Waals surface area contributed by atoms with Gasteiger partial charge in [0.15, 0.2) is 0 Å². The molecular weight excluding hydrogens is 526 g/mol. The van der Waals surface area contributed by atoms with Crippen LogP contribution in [0.4, 0.5) is 0 Å². The molecule has 0 fully saturated rings. The van der Waals surface area contributed by atoms with Gasteiger partial charge in [-0.15, -0.1) is 0 Å². The number of hydrogen-bond donors (Lipinski definition) is 0. The van der Waals surface area contributed by atoms with Gasteiger partial charge >= 0.3 is 0 Å². The highest BCUT2D eigenvalue weighted by molar-refractivity contribution is 6.30. The molecule has 0 unspecified atom stereocenters. The molecule has 0 N–H and O–H groups in total. The maximum atomic E-state index is 4.80. The lowest BCUT2D eigenvalue weighted by Gasteiger charge is -2.13. The van der Waals surface area contributed by atoms with Crippen LogP contribution in [0.3, 0.4) is 0 Å². The van der Waals surface area contributed by atoms with Gasteiger partial charge in [-0.2, -0.15) is 0 Å². The Morgan fingerprint density at radius 3 is 1.93 bits per heavy atom. The van der Waals surface area contributed by atoms with Gasteiger partial charge in [0.05, 0.1) is 27.6 Å². The van der Waals surface area contributed by atoms with Crippen LogP contribution in [0.1, 0.15) is 0 Å². The van der Waals surface area contributed by atoms with Gasteiger partial charge in [-0.25, -0.2) is 4.98 Å². The molecule has 5 aromatic heterocycles. The van der Waals surface area contributed by atoms with E-state index in [9.17, 15) is 0 Å². The van der Waals surface area contributed by atoms with Crippen LogP contribution in [0.25, 0.3) is 82.3 Å². The van der Waals surface area contributed by atoms with E-state index >= 15 is 0 Å². The number of aromatic nitrogens is 5. The van der Waals surface area contributed by atoms with E-state index < -0.39 is 0 Å². The second kappa shape index (κ2) is 8.30. The minimum absolute atomic E-state index is 0.916. The van der Waals surface area contributed by atoms with Crippen LogP contribution in [-0.4, -0.2) is 23.5 Å². The summed E-state index contributed by atoms with van der Waals surface area (Å²) >= 11 is 0. The highest BCUT2D eigenvalue weighted by atomic mass is 15.0. The van der Waals surface area contributed by atoms with Crippen molar-refractivity contribution in [1.82, 2.24) is 23.5 Å². The number of fused-ring (bicyclic) bond motifs is 14. The van der Waals surface area contributed by atoms with E-state index in [2.05, 4.69) is 140 Å². The fraction of sp³-hybridized carbons (Fsp3) is 0. The van der Waals surface area contributed by atoms with Crippen molar-refractivity contribution >= 4 is 70.9 Å².